The van der Waals surface area contributed by atoms with Crippen LogP contribution in [0, 0.1) is 6.92 Å². The molecule has 0 unspecified atom stereocenters. The van der Waals surface area contributed by atoms with Crippen molar-refractivity contribution in [3.8, 4) is 5.75 Å². The molecule has 1 saturated heterocycles. The number of nitrogens with one attached hydrogen (secondary N) is 1. The van der Waals surface area contributed by atoms with Crippen molar-refractivity contribution in [3.63, 3.8) is 0 Å². The van der Waals surface area contributed by atoms with Crippen LogP contribution >= 0.6 is 11.3 Å². The Kier molecular flexibility index (Phi) is 6.88. The number of thiophene rings is 1. The van der Waals surface area contributed by atoms with Crippen LogP contribution in [-0.4, -0.2) is 55.5 Å². The van der Waals surface area contributed by atoms with Gasteiger partial charge in [-0.1, -0.05) is 23.8 Å². The molecule has 2 aromatic rings. The van der Waals surface area contributed by atoms with Gasteiger partial charge in [-0.15, -0.1) is 11.3 Å². The number of aryl methyl sites for hydroxylation is 1. The number of benzene rings is 1. The van der Waals surface area contributed by atoms with Gasteiger partial charge in [-0.05, 0) is 31.4 Å². The topological polar surface area (TPSA) is 44.8 Å². The molecule has 0 spiro atoms. The first-order valence-corrected chi connectivity index (χ1v) is 10.3. The summed E-state index contributed by atoms with van der Waals surface area (Å²) in [6.07, 6.45) is 0. The van der Waals surface area contributed by atoms with Gasteiger partial charge in [-0.3, -0.25) is 14.6 Å². The van der Waals surface area contributed by atoms with Gasteiger partial charge in [-0.2, -0.15) is 0 Å². The van der Waals surface area contributed by atoms with Gasteiger partial charge in [-0.25, -0.2) is 0 Å². The summed E-state index contributed by atoms with van der Waals surface area (Å²) in [5, 5.41) is 5.14. The molecule has 0 radical (unpaired) electrons. The lowest BCUT2D eigenvalue weighted by Gasteiger charge is -2.34. The number of carbonyl (C=O) groups is 1. The van der Waals surface area contributed by atoms with Crippen molar-refractivity contribution in [1.29, 1.82) is 0 Å². The highest BCUT2D eigenvalue weighted by Crippen LogP contribution is 2.22. The Labute approximate surface area is 165 Å². The highest BCUT2D eigenvalue weighted by Gasteiger charge is 2.21. The minimum absolute atomic E-state index is 0.0765. The first-order chi connectivity index (χ1) is 13.0. The van der Waals surface area contributed by atoms with Crippen LogP contribution in [0.15, 0.2) is 35.7 Å². The molecule has 0 saturated carbocycles. The second-order valence-electron chi connectivity index (χ2n) is 7.17. The van der Waals surface area contributed by atoms with Gasteiger partial charge in [0.15, 0.2) is 0 Å². The Morgan fingerprint density at radius 1 is 1.22 bits per heavy atom. The first-order valence-electron chi connectivity index (χ1n) is 9.46. The van der Waals surface area contributed by atoms with Gasteiger partial charge in [0.25, 0.3) is 0 Å². The Morgan fingerprint density at radius 2 is 1.96 bits per heavy atom. The van der Waals surface area contributed by atoms with Crippen molar-refractivity contribution >= 4 is 17.2 Å². The van der Waals surface area contributed by atoms with E-state index in [0.29, 0.717) is 6.54 Å². The number of methoxy groups -OCH3 is 1. The van der Waals surface area contributed by atoms with Crippen LogP contribution in [0.25, 0.3) is 0 Å². The van der Waals surface area contributed by atoms with Crippen LogP contribution in [0.2, 0.25) is 0 Å². The number of carbonyl (C=O) groups excluding carboxylic acids is 1. The van der Waals surface area contributed by atoms with Crippen LogP contribution in [0.4, 0.5) is 0 Å². The van der Waals surface area contributed by atoms with Gasteiger partial charge in [0.1, 0.15) is 5.75 Å². The lowest BCUT2D eigenvalue weighted by molar-refractivity contribution is -0.123. The minimum atomic E-state index is 0.0765. The molecule has 2 heterocycles. The van der Waals surface area contributed by atoms with E-state index in [1.807, 2.05) is 24.4 Å². The molecule has 1 fully saturated rings. The third kappa shape index (κ3) is 5.54. The van der Waals surface area contributed by atoms with Crippen molar-refractivity contribution in [1.82, 2.24) is 15.1 Å². The number of ether oxygens (including phenoxy) is 1. The summed E-state index contributed by atoms with van der Waals surface area (Å²) in [5.41, 5.74) is 2.48. The van der Waals surface area contributed by atoms with Gasteiger partial charge >= 0.3 is 0 Å². The molecular formula is C21H29N3O2S. The second-order valence-corrected chi connectivity index (χ2v) is 8.15. The molecule has 1 amide bonds. The normalized spacial score (nSPS) is 16.9. The van der Waals surface area contributed by atoms with Crippen molar-refractivity contribution in [2.24, 2.45) is 0 Å². The van der Waals surface area contributed by atoms with E-state index in [0.717, 1.165) is 38.5 Å². The van der Waals surface area contributed by atoms with Gasteiger partial charge in [0.2, 0.25) is 5.91 Å². The predicted octanol–water partition coefficient (Wildman–Crippen LogP) is 3.06. The van der Waals surface area contributed by atoms with E-state index in [2.05, 4.69) is 40.2 Å². The fourth-order valence-corrected chi connectivity index (χ4v) is 4.21. The predicted molar refractivity (Wildman–Crippen MR) is 110 cm³/mol. The highest BCUT2D eigenvalue weighted by molar-refractivity contribution is 7.10. The number of amides is 1. The number of piperazine rings is 1. The number of hydrogen-bond acceptors (Lipinski definition) is 5. The van der Waals surface area contributed by atoms with E-state index in [4.69, 9.17) is 4.74 Å². The molecule has 1 atom stereocenters. The minimum Gasteiger partial charge on any atom is -0.496 e. The Hall–Kier alpha value is -1.89. The van der Waals surface area contributed by atoms with Crippen molar-refractivity contribution in [2.45, 2.75) is 26.4 Å². The van der Waals surface area contributed by atoms with E-state index >= 15 is 0 Å². The molecule has 1 aliphatic heterocycles. The summed E-state index contributed by atoms with van der Waals surface area (Å²) >= 11 is 1.68. The van der Waals surface area contributed by atoms with Crippen molar-refractivity contribution in [3.05, 3.63) is 51.7 Å². The number of rotatable bonds is 7. The molecule has 5 nitrogen and oxygen atoms in total. The van der Waals surface area contributed by atoms with E-state index in [9.17, 15) is 4.79 Å². The molecule has 1 aromatic carbocycles. The number of nitrogens with zero attached hydrogens (tertiary/aromatic N) is 2. The maximum atomic E-state index is 12.3. The fraction of sp³-hybridized carbons (Fsp3) is 0.476. The fourth-order valence-electron chi connectivity index (χ4n) is 3.48. The second kappa shape index (κ2) is 9.35. The van der Waals surface area contributed by atoms with Crippen LogP contribution in [0.3, 0.4) is 0 Å². The van der Waals surface area contributed by atoms with Gasteiger partial charge in [0, 0.05) is 43.2 Å². The molecule has 146 valence electrons. The first kappa shape index (κ1) is 19.9. The number of hydrogen-bond donors (Lipinski definition) is 1. The molecule has 3 rings (SSSR count). The summed E-state index contributed by atoms with van der Waals surface area (Å²) in [4.78, 5) is 18.2. The van der Waals surface area contributed by atoms with E-state index in [1.54, 1.807) is 18.4 Å². The average molecular weight is 388 g/mol. The summed E-state index contributed by atoms with van der Waals surface area (Å²) < 4.78 is 5.49. The summed E-state index contributed by atoms with van der Waals surface area (Å²) in [5.74, 6) is 1.05. The van der Waals surface area contributed by atoms with Gasteiger partial charge < -0.3 is 10.1 Å². The quantitative estimate of drug-likeness (QED) is 0.793. The Balaban J connectivity index is 1.45. The molecule has 1 aliphatic rings. The van der Waals surface area contributed by atoms with Crippen molar-refractivity contribution < 1.29 is 9.53 Å². The maximum absolute atomic E-state index is 12.3. The standard InChI is InChI=1S/C21H29N3O2S/c1-16-6-7-19(26-3)18(13-16)14-23-8-10-24(11-9-23)15-21(25)22-17(2)20-5-4-12-27-20/h4-7,12-13,17H,8-11,14-15H2,1-3H3,(H,22,25)/t17-/m1/s1. The molecular weight excluding hydrogens is 358 g/mol. The summed E-state index contributed by atoms with van der Waals surface area (Å²) in [6, 6.07) is 10.5. The Bertz CT molecular complexity index is 740. The molecule has 27 heavy (non-hydrogen) atoms. The molecule has 1 aromatic heterocycles. The highest BCUT2D eigenvalue weighted by atomic mass is 32.1. The van der Waals surface area contributed by atoms with Gasteiger partial charge in [0.05, 0.1) is 19.7 Å². The largest absolute Gasteiger partial charge is 0.496 e. The smallest absolute Gasteiger partial charge is 0.234 e. The zero-order chi connectivity index (χ0) is 19.2. The molecule has 0 aliphatic carbocycles. The van der Waals surface area contributed by atoms with Crippen molar-refractivity contribution in [2.75, 3.05) is 39.8 Å². The lowest BCUT2D eigenvalue weighted by Crippen LogP contribution is -2.49. The summed E-state index contributed by atoms with van der Waals surface area (Å²) in [7, 11) is 1.72. The van der Waals surface area contributed by atoms with E-state index < -0.39 is 0 Å². The lowest BCUT2D eigenvalue weighted by atomic mass is 10.1. The zero-order valence-corrected chi connectivity index (χ0v) is 17.2. The monoisotopic (exact) mass is 387 g/mol. The zero-order valence-electron chi connectivity index (χ0n) is 16.4. The Morgan fingerprint density at radius 3 is 2.63 bits per heavy atom. The van der Waals surface area contributed by atoms with Crippen LogP contribution in [0.1, 0.15) is 29.0 Å². The maximum Gasteiger partial charge on any atom is 0.234 e. The molecule has 1 N–H and O–H groups in total. The van der Waals surface area contributed by atoms with E-state index in [-0.39, 0.29) is 11.9 Å². The molecule has 0 bridgehead atoms. The van der Waals surface area contributed by atoms with Crippen LogP contribution in [0.5, 0.6) is 5.75 Å². The summed E-state index contributed by atoms with van der Waals surface area (Å²) in [6.45, 7) is 9.25. The third-order valence-electron chi connectivity index (χ3n) is 5.01. The third-order valence-corrected chi connectivity index (χ3v) is 6.06. The van der Waals surface area contributed by atoms with Crippen LogP contribution in [-0.2, 0) is 11.3 Å². The van der Waals surface area contributed by atoms with Crippen LogP contribution < -0.4 is 10.1 Å². The average Bonchev–Trinajstić information content (AvgIpc) is 3.18. The van der Waals surface area contributed by atoms with E-state index in [1.165, 1.54) is 16.0 Å². The molecule has 6 heteroatoms. The SMILES string of the molecule is COc1ccc(C)cc1CN1CCN(CC(=O)N[C@H](C)c2cccs2)CC1.